The zero-order chi connectivity index (χ0) is 10.1. The van der Waals surface area contributed by atoms with Crippen molar-refractivity contribution >= 4 is 11.5 Å². The van der Waals surface area contributed by atoms with Gasteiger partial charge in [-0.05, 0) is 41.9 Å². The summed E-state index contributed by atoms with van der Waals surface area (Å²) < 4.78 is 3.96. The van der Waals surface area contributed by atoms with Crippen LogP contribution < -0.4 is 0 Å². The lowest BCUT2D eigenvalue weighted by Gasteiger charge is -2.23. The molecule has 1 aromatic heterocycles. The molecule has 3 rings (SSSR count). The second-order valence-corrected chi connectivity index (χ2v) is 4.58. The van der Waals surface area contributed by atoms with Gasteiger partial charge in [0.25, 0.3) is 0 Å². The second-order valence-electron chi connectivity index (χ2n) is 3.97. The number of fused-ring (bicyclic) bond motifs is 1. The van der Waals surface area contributed by atoms with Crippen LogP contribution in [-0.4, -0.2) is 9.59 Å². The van der Waals surface area contributed by atoms with Gasteiger partial charge in [0.15, 0.2) is 0 Å². The van der Waals surface area contributed by atoms with Crippen LogP contribution in [0.4, 0.5) is 0 Å². The maximum absolute atomic E-state index is 4.21. The van der Waals surface area contributed by atoms with Crippen molar-refractivity contribution < 1.29 is 0 Å². The quantitative estimate of drug-likeness (QED) is 0.732. The van der Waals surface area contributed by atoms with Crippen molar-refractivity contribution in [2.24, 2.45) is 0 Å². The molecule has 1 aromatic carbocycles. The number of hydrogen-bond acceptors (Lipinski definition) is 3. The Kier molecular flexibility index (Phi) is 2.25. The van der Waals surface area contributed by atoms with E-state index in [9.17, 15) is 0 Å². The van der Waals surface area contributed by atoms with Crippen LogP contribution in [0.15, 0.2) is 29.6 Å². The van der Waals surface area contributed by atoms with E-state index < -0.39 is 0 Å². The van der Waals surface area contributed by atoms with E-state index in [1.54, 1.807) is 0 Å². The van der Waals surface area contributed by atoms with E-state index in [4.69, 9.17) is 0 Å². The lowest BCUT2D eigenvalue weighted by Crippen LogP contribution is -2.11. The van der Waals surface area contributed by atoms with Crippen LogP contribution in [0.5, 0.6) is 0 Å². The molecule has 76 valence electrons. The Morgan fingerprint density at radius 1 is 1.27 bits per heavy atom. The third kappa shape index (κ3) is 1.57. The molecule has 2 nitrogen and oxygen atoms in total. The van der Waals surface area contributed by atoms with E-state index in [2.05, 4.69) is 39.2 Å². The summed E-state index contributed by atoms with van der Waals surface area (Å²) in [6.07, 6.45) is 3.69. The first-order valence-electron chi connectivity index (χ1n) is 5.30. The molecule has 1 unspecified atom stereocenters. The largest absolute Gasteiger partial charge is 0.143 e. The van der Waals surface area contributed by atoms with Gasteiger partial charge in [-0.3, -0.25) is 0 Å². The molecule has 1 atom stereocenters. The van der Waals surface area contributed by atoms with Crippen LogP contribution in [0.2, 0.25) is 0 Å². The van der Waals surface area contributed by atoms with E-state index in [0.717, 1.165) is 5.69 Å². The minimum absolute atomic E-state index is 0.480. The van der Waals surface area contributed by atoms with Gasteiger partial charge in [-0.1, -0.05) is 28.8 Å². The highest BCUT2D eigenvalue weighted by Crippen LogP contribution is 2.35. The van der Waals surface area contributed by atoms with Gasteiger partial charge < -0.3 is 0 Å². The Bertz CT molecular complexity index is 450. The predicted octanol–water partition coefficient (Wildman–Crippen LogP) is 3.01. The van der Waals surface area contributed by atoms with Crippen molar-refractivity contribution in [2.75, 3.05) is 0 Å². The summed E-state index contributed by atoms with van der Waals surface area (Å²) in [5, 5.41) is 6.28. The maximum Gasteiger partial charge on any atom is 0.0830 e. The first-order chi connectivity index (χ1) is 7.45. The van der Waals surface area contributed by atoms with Gasteiger partial charge in [0.2, 0.25) is 0 Å². The molecular weight excluding hydrogens is 204 g/mol. The fraction of sp³-hybridized carbons (Fsp3) is 0.333. The van der Waals surface area contributed by atoms with Crippen LogP contribution >= 0.6 is 11.5 Å². The molecule has 1 aliphatic carbocycles. The molecule has 0 saturated heterocycles. The molecule has 15 heavy (non-hydrogen) atoms. The molecule has 0 saturated carbocycles. The van der Waals surface area contributed by atoms with Crippen molar-refractivity contribution in [3.63, 3.8) is 0 Å². The average molecular weight is 216 g/mol. The second kappa shape index (κ2) is 3.74. The van der Waals surface area contributed by atoms with E-state index in [-0.39, 0.29) is 0 Å². The number of aryl methyl sites for hydroxylation is 1. The van der Waals surface area contributed by atoms with Gasteiger partial charge in [-0.15, -0.1) is 5.10 Å². The van der Waals surface area contributed by atoms with Gasteiger partial charge in [0.1, 0.15) is 0 Å². The minimum atomic E-state index is 0.480. The fourth-order valence-corrected chi connectivity index (χ4v) is 2.89. The third-order valence-electron chi connectivity index (χ3n) is 3.10. The predicted molar refractivity (Wildman–Crippen MR) is 61.1 cm³/mol. The Morgan fingerprint density at radius 3 is 3.07 bits per heavy atom. The number of nitrogens with zero attached hydrogens (tertiary/aromatic N) is 2. The van der Waals surface area contributed by atoms with Crippen LogP contribution in [-0.2, 0) is 6.42 Å². The van der Waals surface area contributed by atoms with E-state index in [0.29, 0.717) is 5.92 Å². The van der Waals surface area contributed by atoms with Gasteiger partial charge >= 0.3 is 0 Å². The highest BCUT2D eigenvalue weighted by Gasteiger charge is 2.22. The first-order valence-corrected chi connectivity index (χ1v) is 6.13. The third-order valence-corrected chi connectivity index (χ3v) is 3.63. The van der Waals surface area contributed by atoms with Crippen molar-refractivity contribution in [1.29, 1.82) is 0 Å². The monoisotopic (exact) mass is 216 g/mol. The number of rotatable bonds is 1. The van der Waals surface area contributed by atoms with Crippen LogP contribution in [0, 0.1) is 0 Å². The zero-order valence-corrected chi connectivity index (χ0v) is 9.20. The van der Waals surface area contributed by atoms with Gasteiger partial charge in [0.05, 0.1) is 5.69 Å². The molecule has 0 N–H and O–H groups in total. The average Bonchev–Trinajstić information content (AvgIpc) is 2.82. The summed E-state index contributed by atoms with van der Waals surface area (Å²) in [6.45, 7) is 0. The molecule has 1 aliphatic rings. The summed E-state index contributed by atoms with van der Waals surface area (Å²) in [4.78, 5) is 0. The number of benzene rings is 1. The molecule has 0 bridgehead atoms. The van der Waals surface area contributed by atoms with Crippen molar-refractivity contribution in [3.05, 3.63) is 46.5 Å². The molecule has 0 amide bonds. The summed E-state index contributed by atoms with van der Waals surface area (Å²) in [5.74, 6) is 0.480. The molecule has 0 radical (unpaired) electrons. The molecule has 1 heterocycles. The van der Waals surface area contributed by atoms with E-state index in [1.807, 2.05) is 0 Å². The molecular formula is C12H12N2S. The number of aromatic nitrogens is 2. The number of hydrogen-bond donors (Lipinski definition) is 0. The van der Waals surface area contributed by atoms with Gasteiger partial charge in [-0.25, -0.2) is 0 Å². The Morgan fingerprint density at radius 2 is 2.20 bits per heavy atom. The van der Waals surface area contributed by atoms with E-state index in [1.165, 1.54) is 41.9 Å². The van der Waals surface area contributed by atoms with Crippen molar-refractivity contribution in [1.82, 2.24) is 9.59 Å². The highest BCUT2D eigenvalue weighted by molar-refractivity contribution is 7.03. The van der Waals surface area contributed by atoms with Crippen molar-refractivity contribution in [2.45, 2.75) is 25.2 Å². The summed E-state index contributed by atoms with van der Waals surface area (Å²) >= 11 is 1.45. The summed E-state index contributed by atoms with van der Waals surface area (Å²) in [5.41, 5.74) is 4.09. The Hall–Kier alpha value is -1.22. The maximum atomic E-state index is 4.21. The Balaban J connectivity index is 2.06. The zero-order valence-electron chi connectivity index (χ0n) is 8.39. The Labute approximate surface area is 93.1 Å². The van der Waals surface area contributed by atoms with Gasteiger partial charge in [0, 0.05) is 11.3 Å². The smallest absolute Gasteiger partial charge is 0.0830 e. The topological polar surface area (TPSA) is 25.8 Å². The lowest BCUT2D eigenvalue weighted by molar-refractivity contribution is 0.603. The van der Waals surface area contributed by atoms with Crippen LogP contribution in [0.25, 0.3) is 0 Å². The molecule has 3 heteroatoms. The first kappa shape index (κ1) is 9.04. The van der Waals surface area contributed by atoms with Crippen LogP contribution in [0.3, 0.4) is 0 Å². The van der Waals surface area contributed by atoms with E-state index >= 15 is 0 Å². The van der Waals surface area contributed by atoms with Crippen molar-refractivity contribution in [3.8, 4) is 0 Å². The molecule has 2 aromatic rings. The molecule has 0 aliphatic heterocycles. The molecule has 0 spiro atoms. The molecule has 0 fully saturated rings. The lowest BCUT2D eigenvalue weighted by atomic mass is 9.81. The fourth-order valence-electron chi connectivity index (χ4n) is 2.38. The highest BCUT2D eigenvalue weighted by atomic mass is 32.1. The minimum Gasteiger partial charge on any atom is -0.143 e. The standard InChI is InChI=1S/C12H12N2S/c1-2-6-10-9(4-1)5-3-7-11(10)12-8-15-14-13-12/h1-2,4,6,8,11H,3,5,7H2. The normalized spacial score (nSPS) is 19.9. The van der Waals surface area contributed by atoms with Gasteiger partial charge in [-0.2, -0.15) is 0 Å². The summed E-state index contributed by atoms with van der Waals surface area (Å²) in [7, 11) is 0. The summed E-state index contributed by atoms with van der Waals surface area (Å²) in [6, 6.07) is 8.72. The van der Waals surface area contributed by atoms with Crippen LogP contribution in [0.1, 0.15) is 35.6 Å². The SMILES string of the molecule is c1ccc2c(c1)CCCC2c1csnn1.